The molecule has 6 heteroatoms. The molecule has 96 valence electrons. The zero-order valence-corrected chi connectivity index (χ0v) is 11.5. The first-order valence-corrected chi connectivity index (χ1v) is 6.66. The summed E-state index contributed by atoms with van der Waals surface area (Å²) in [6.07, 6.45) is 1.43. The van der Waals surface area contributed by atoms with Crippen LogP contribution in [0.25, 0.3) is 11.2 Å². The number of anilines is 1. The molecule has 0 spiro atoms. The Morgan fingerprint density at radius 2 is 2.05 bits per heavy atom. The largest absolute Gasteiger partial charge is 0.382 e. The van der Waals surface area contributed by atoms with Crippen LogP contribution in [0.2, 0.25) is 0 Å². The predicted molar refractivity (Wildman–Crippen MR) is 76.1 cm³/mol. The van der Waals surface area contributed by atoms with Crippen LogP contribution in [0.4, 0.5) is 5.82 Å². The smallest absolute Gasteiger partial charge is 0.172 e. The van der Waals surface area contributed by atoms with Crippen LogP contribution in [0.5, 0.6) is 0 Å². The van der Waals surface area contributed by atoms with Crippen LogP contribution in [0, 0.1) is 13.8 Å². The van der Waals surface area contributed by atoms with E-state index in [1.807, 2.05) is 0 Å². The fourth-order valence-electron chi connectivity index (χ4n) is 1.89. The van der Waals surface area contributed by atoms with E-state index in [0.29, 0.717) is 17.0 Å². The first-order chi connectivity index (χ1) is 9.13. The summed E-state index contributed by atoms with van der Waals surface area (Å²) in [7, 11) is 0. The Kier molecular flexibility index (Phi) is 2.87. The zero-order valence-electron chi connectivity index (χ0n) is 10.6. The Bertz CT molecular complexity index is 750. The molecule has 0 atom stereocenters. The van der Waals surface area contributed by atoms with Gasteiger partial charge in [0.25, 0.3) is 0 Å². The van der Waals surface area contributed by atoms with E-state index in [4.69, 9.17) is 5.73 Å². The van der Waals surface area contributed by atoms with Crippen molar-refractivity contribution in [2.75, 3.05) is 5.73 Å². The normalized spacial score (nSPS) is 11.1. The summed E-state index contributed by atoms with van der Waals surface area (Å²) in [5, 5.41) is 0.772. The average molecular weight is 271 g/mol. The number of imidazole rings is 1. The maximum absolute atomic E-state index is 5.77. The van der Waals surface area contributed by atoms with Gasteiger partial charge in [0.2, 0.25) is 0 Å². The molecule has 0 saturated heterocycles. The van der Waals surface area contributed by atoms with Crippen molar-refractivity contribution in [2.45, 2.75) is 23.9 Å². The van der Waals surface area contributed by atoms with Gasteiger partial charge in [0.15, 0.2) is 22.1 Å². The Balaban J connectivity index is 1.99. The second kappa shape index (κ2) is 4.55. The number of rotatable bonds is 2. The summed E-state index contributed by atoms with van der Waals surface area (Å²) in [5.74, 6) is 0.397. The van der Waals surface area contributed by atoms with Gasteiger partial charge in [0, 0.05) is 4.90 Å². The predicted octanol–water partition coefficient (Wildman–Crippen LogP) is 2.70. The van der Waals surface area contributed by atoms with E-state index < -0.39 is 0 Å². The molecule has 0 aliphatic heterocycles. The third kappa shape index (κ3) is 2.26. The van der Waals surface area contributed by atoms with Gasteiger partial charge >= 0.3 is 0 Å². The number of aryl methyl sites for hydroxylation is 2. The summed E-state index contributed by atoms with van der Waals surface area (Å²) in [6.45, 7) is 4.17. The molecule has 1 aromatic carbocycles. The fourth-order valence-corrected chi connectivity index (χ4v) is 2.74. The Morgan fingerprint density at radius 1 is 1.21 bits per heavy atom. The topological polar surface area (TPSA) is 80.5 Å². The molecule has 3 rings (SSSR count). The average Bonchev–Trinajstić information content (AvgIpc) is 2.77. The van der Waals surface area contributed by atoms with E-state index >= 15 is 0 Å². The number of hydrogen-bond donors (Lipinski definition) is 2. The van der Waals surface area contributed by atoms with Crippen molar-refractivity contribution in [3.05, 3.63) is 35.7 Å². The van der Waals surface area contributed by atoms with Crippen molar-refractivity contribution >= 4 is 28.7 Å². The van der Waals surface area contributed by atoms with Crippen molar-refractivity contribution in [2.24, 2.45) is 0 Å². The summed E-state index contributed by atoms with van der Waals surface area (Å²) >= 11 is 1.57. The number of nitrogen functional groups attached to an aromatic ring is 1. The van der Waals surface area contributed by atoms with Gasteiger partial charge in [-0.15, -0.1) is 0 Å². The summed E-state index contributed by atoms with van der Waals surface area (Å²) < 4.78 is 0. The molecule has 2 heterocycles. The molecular formula is C13H13N5S. The lowest BCUT2D eigenvalue weighted by Gasteiger charge is -2.03. The highest BCUT2D eigenvalue weighted by Gasteiger charge is 2.09. The van der Waals surface area contributed by atoms with Gasteiger partial charge in [0.05, 0.1) is 0 Å². The molecule has 0 radical (unpaired) electrons. The van der Waals surface area contributed by atoms with Gasteiger partial charge in [-0.1, -0.05) is 29.5 Å². The fraction of sp³-hybridized carbons (Fsp3) is 0.154. The van der Waals surface area contributed by atoms with Crippen LogP contribution in [-0.2, 0) is 0 Å². The van der Waals surface area contributed by atoms with Gasteiger partial charge in [-0.2, -0.15) is 0 Å². The molecule has 0 bridgehead atoms. The highest BCUT2D eigenvalue weighted by atomic mass is 32.2. The molecule has 3 aromatic rings. The minimum atomic E-state index is 0.397. The van der Waals surface area contributed by atoms with Crippen LogP contribution < -0.4 is 5.73 Å². The monoisotopic (exact) mass is 271 g/mol. The number of hydrogen-bond acceptors (Lipinski definition) is 5. The molecule has 5 nitrogen and oxygen atoms in total. The molecule has 0 fully saturated rings. The van der Waals surface area contributed by atoms with E-state index in [-0.39, 0.29) is 0 Å². The Labute approximate surface area is 114 Å². The van der Waals surface area contributed by atoms with Crippen LogP contribution in [0.15, 0.2) is 34.6 Å². The molecule has 19 heavy (non-hydrogen) atoms. The van der Waals surface area contributed by atoms with E-state index in [2.05, 4.69) is 52.0 Å². The maximum atomic E-state index is 5.77. The van der Waals surface area contributed by atoms with Crippen LogP contribution in [0.1, 0.15) is 11.1 Å². The van der Waals surface area contributed by atoms with Crippen molar-refractivity contribution in [1.29, 1.82) is 0 Å². The summed E-state index contributed by atoms with van der Waals surface area (Å²) in [5.41, 5.74) is 9.53. The Morgan fingerprint density at radius 3 is 2.79 bits per heavy atom. The first kappa shape index (κ1) is 12.0. The molecule has 0 aliphatic carbocycles. The maximum Gasteiger partial charge on any atom is 0.172 e. The summed E-state index contributed by atoms with van der Waals surface area (Å²) in [6, 6.07) is 6.34. The molecule has 0 amide bonds. The van der Waals surface area contributed by atoms with E-state index in [1.54, 1.807) is 11.8 Å². The lowest BCUT2D eigenvalue weighted by molar-refractivity contribution is 1.07. The minimum Gasteiger partial charge on any atom is -0.382 e. The van der Waals surface area contributed by atoms with Crippen LogP contribution in [0.3, 0.4) is 0 Å². The zero-order chi connectivity index (χ0) is 13.4. The van der Waals surface area contributed by atoms with Gasteiger partial charge in [-0.3, -0.25) is 0 Å². The SMILES string of the molecule is Cc1ccc(Sc2nc3c(N)ncnc3[nH]2)c(C)c1. The third-order valence-electron chi connectivity index (χ3n) is 2.83. The number of nitrogens with two attached hydrogens (primary N) is 1. The second-order valence-electron chi connectivity index (χ2n) is 4.37. The van der Waals surface area contributed by atoms with Crippen molar-refractivity contribution < 1.29 is 0 Å². The molecule has 0 unspecified atom stereocenters. The highest BCUT2D eigenvalue weighted by Crippen LogP contribution is 2.30. The van der Waals surface area contributed by atoms with Crippen molar-refractivity contribution in [1.82, 2.24) is 19.9 Å². The van der Waals surface area contributed by atoms with E-state index in [0.717, 1.165) is 10.1 Å². The minimum absolute atomic E-state index is 0.397. The molecule has 3 N–H and O–H groups in total. The van der Waals surface area contributed by atoms with Gasteiger partial charge in [0.1, 0.15) is 6.33 Å². The van der Waals surface area contributed by atoms with Gasteiger partial charge < -0.3 is 10.7 Å². The lowest BCUT2D eigenvalue weighted by Crippen LogP contribution is -1.91. The van der Waals surface area contributed by atoms with Gasteiger partial charge in [-0.25, -0.2) is 15.0 Å². The quantitative estimate of drug-likeness (QED) is 0.749. The number of benzene rings is 1. The summed E-state index contributed by atoms with van der Waals surface area (Å²) in [4.78, 5) is 16.8. The number of nitrogens with one attached hydrogen (secondary N) is 1. The van der Waals surface area contributed by atoms with Crippen molar-refractivity contribution in [3.63, 3.8) is 0 Å². The molecule has 2 aromatic heterocycles. The third-order valence-corrected chi connectivity index (χ3v) is 3.89. The van der Waals surface area contributed by atoms with Gasteiger partial charge in [-0.05, 0) is 25.5 Å². The number of H-pyrrole nitrogens is 1. The molecule has 0 aliphatic rings. The number of aromatic nitrogens is 4. The standard InChI is InChI=1S/C13H13N5S/c1-7-3-4-9(8(2)5-7)19-13-17-10-11(14)15-6-16-12(10)18-13/h3-6H,1-2H3,(H3,14,15,16,17,18). The highest BCUT2D eigenvalue weighted by molar-refractivity contribution is 7.99. The second-order valence-corrected chi connectivity index (χ2v) is 5.40. The van der Waals surface area contributed by atoms with E-state index in [1.165, 1.54) is 17.5 Å². The number of aromatic amines is 1. The van der Waals surface area contributed by atoms with Crippen LogP contribution in [-0.4, -0.2) is 19.9 Å². The van der Waals surface area contributed by atoms with Crippen molar-refractivity contribution in [3.8, 4) is 0 Å². The Hall–Kier alpha value is -2.08. The number of fused-ring (bicyclic) bond motifs is 1. The van der Waals surface area contributed by atoms with Crippen LogP contribution >= 0.6 is 11.8 Å². The number of nitrogens with zero attached hydrogens (tertiary/aromatic N) is 3. The molecule has 0 saturated carbocycles. The lowest BCUT2D eigenvalue weighted by atomic mass is 10.2. The van der Waals surface area contributed by atoms with E-state index in [9.17, 15) is 0 Å². The molecular weight excluding hydrogens is 258 g/mol. The first-order valence-electron chi connectivity index (χ1n) is 5.85.